The van der Waals surface area contributed by atoms with E-state index in [9.17, 15) is 17.2 Å². The van der Waals surface area contributed by atoms with Crippen molar-refractivity contribution >= 4 is 21.4 Å². The smallest absolute Gasteiger partial charge is 0.252 e. The Hall–Kier alpha value is -1.51. The van der Waals surface area contributed by atoms with E-state index in [0.29, 0.717) is 16.2 Å². The molecule has 22 heavy (non-hydrogen) atoms. The van der Waals surface area contributed by atoms with Gasteiger partial charge in [0.2, 0.25) is 0 Å². The average Bonchev–Trinajstić information content (AvgIpc) is 2.94. The van der Waals surface area contributed by atoms with Crippen LogP contribution in [0.1, 0.15) is 0 Å². The minimum atomic E-state index is -3.67. The van der Waals surface area contributed by atoms with E-state index in [2.05, 4.69) is 0 Å². The fourth-order valence-corrected chi connectivity index (χ4v) is 5.16. The summed E-state index contributed by atoms with van der Waals surface area (Å²) in [7, 11) is -2.21. The van der Waals surface area contributed by atoms with Gasteiger partial charge in [0.05, 0.1) is 7.11 Å². The highest BCUT2D eigenvalue weighted by molar-refractivity contribution is 7.91. The van der Waals surface area contributed by atoms with Gasteiger partial charge in [-0.2, -0.15) is 4.31 Å². The molecule has 0 saturated carbocycles. The van der Waals surface area contributed by atoms with Crippen LogP contribution in [0.15, 0.2) is 34.5 Å². The molecule has 0 spiro atoms. The third kappa shape index (κ3) is 2.62. The SMILES string of the molecule is COc1ccc(F)cc1-c1ccc(S(=O)(=O)N2CC(F)C2)s1. The van der Waals surface area contributed by atoms with E-state index in [0.717, 1.165) is 15.6 Å². The first-order valence-electron chi connectivity index (χ1n) is 6.50. The molecule has 1 aliphatic heterocycles. The van der Waals surface area contributed by atoms with Gasteiger partial charge in [-0.05, 0) is 30.3 Å². The van der Waals surface area contributed by atoms with Crippen LogP contribution in [0.4, 0.5) is 8.78 Å². The van der Waals surface area contributed by atoms with Crippen LogP contribution >= 0.6 is 11.3 Å². The molecule has 1 aromatic carbocycles. The maximum absolute atomic E-state index is 13.4. The van der Waals surface area contributed by atoms with Crippen LogP contribution in [-0.2, 0) is 10.0 Å². The lowest BCUT2D eigenvalue weighted by Gasteiger charge is -2.32. The summed E-state index contributed by atoms with van der Waals surface area (Å²) < 4.78 is 57.3. The lowest BCUT2D eigenvalue weighted by atomic mass is 10.1. The molecule has 0 atom stereocenters. The molecule has 1 aliphatic rings. The van der Waals surface area contributed by atoms with Crippen LogP contribution in [0.3, 0.4) is 0 Å². The summed E-state index contributed by atoms with van der Waals surface area (Å²) in [5.41, 5.74) is 0.487. The second-order valence-electron chi connectivity index (χ2n) is 4.88. The van der Waals surface area contributed by atoms with Crippen molar-refractivity contribution in [1.29, 1.82) is 0 Å². The van der Waals surface area contributed by atoms with Crippen LogP contribution in [-0.4, -0.2) is 39.1 Å². The molecule has 1 aromatic heterocycles. The normalized spacial score (nSPS) is 16.5. The first-order chi connectivity index (χ1) is 10.4. The van der Waals surface area contributed by atoms with Crippen molar-refractivity contribution in [2.45, 2.75) is 10.4 Å². The summed E-state index contributed by atoms with van der Waals surface area (Å²) >= 11 is 1.01. The number of sulfonamides is 1. The molecule has 2 heterocycles. The van der Waals surface area contributed by atoms with Gasteiger partial charge >= 0.3 is 0 Å². The first kappa shape index (κ1) is 15.4. The highest BCUT2D eigenvalue weighted by atomic mass is 32.2. The number of halogens is 2. The maximum Gasteiger partial charge on any atom is 0.252 e. The molecule has 8 heteroatoms. The lowest BCUT2D eigenvalue weighted by Crippen LogP contribution is -2.51. The number of methoxy groups -OCH3 is 1. The number of hydrogen-bond donors (Lipinski definition) is 0. The van der Waals surface area contributed by atoms with Gasteiger partial charge in [-0.25, -0.2) is 17.2 Å². The number of thiophene rings is 1. The predicted molar refractivity (Wildman–Crippen MR) is 79.9 cm³/mol. The maximum atomic E-state index is 13.4. The van der Waals surface area contributed by atoms with Gasteiger partial charge in [-0.3, -0.25) is 0 Å². The zero-order valence-electron chi connectivity index (χ0n) is 11.6. The Morgan fingerprint density at radius 3 is 2.64 bits per heavy atom. The van der Waals surface area contributed by atoms with Crippen LogP contribution in [0.25, 0.3) is 10.4 Å². The molecule has 118 valence electrons. The highest BCUT2D eigenvalue weighted by Gasteiger charge is 2.37. The van der Waals surface area contributed by atoms with Crippen molar-refractivity contribution in [3.05, 3.63) is 36.1 Å². The second-order valence-corrected chi connectivity index (χ2v) is 8.13. The van der Waals surface area contributed by atoms with E-state index in [4.69, 9.17) is 4.74 Å². The number of ether oxygens (including phenoxy) is 1. The molecule has 1 fully saturated rings. The van der Waals surface area contributed by atoms with Gasteiger partial charge < -0.3 is 4.74 Å². The van der Waals surface area contributed by atoms with Crippen LogP contribution in [0.2, 0.25) is 0 Å². The number of rotatable bonds is 4. The van der Waals surface area contributed by atoms with Crippen molar-refractivity contribution in [3.63, 3.8) is 0 Å². The lowest BCUT2D eigenvalue weighted by molar-refractivity contribution is 0.142. The van der Waals surface area contributed by atoms with Crippen molar-refractivity contribution in [2.75, 3.05) is 20.2 Å². The average molecular weight is 345 g/mol. The van der Waals surface area contributed by atoms with Crippen molar-refractivity contribution in [1.82, 2.24) is 4.31 Å². The van der Waals surface area contributed by atoms with E-state index in [1.807, 2.05) is 0 Å². The van der Waals surface area contributed by atoms with Crippen molar-refractivity contribution in [2.24, 2.45) is 0 Å². The van der Waals surface area contributed by atoms with E-state index >= 15 is 0 Å². The fraction of sp³-hybridized carbons (Fsp3) is 0.286. The minimum absolute atomic E-state index is 0.112. The molecule has 4 nitrogen and oxygen atoms in total. The molecule has 0 amide bonds. The van der Waals surface area contributed by atoms with Crippen molar-refractivity contribution in [3.8, 4) is 16.2 Å². The highest BCUT2D eigenvalue weighted by Crippen LogP contribution is 2.38. The Kier molecular flexibility index (Phi) is 3.92. The number of nitrogens with zero attached hydrogens (tertiary/aromatic N) is 1. The molecule has 2 aromatic rings. The first-order valence-corrected chi connectivity index (χ1v) is 8.75. The summed E-state index contributed by atoms with van der Waals surface area (Å²) in [4.78, 5) is 0.576. The topological polar surface area (TPSA) is 46.6 Å². The van der Waals surface area contributed by atoms with Gasteiger partial charge in [0.1, 0.15) is 21.9 Å². The largest absolute Gasteiger partial charge is 0.496 e. The number of benzene rings is 1. The summed E-state index contributed by atoms with van der Waals surface area (Å²) in [6.45, 7) is -0.224. The summed E-state index contributed by atoms with van der Waals surface area (Å²) in [5, 5.41) is 0. The van der Waals surface area contributed by atoms with E-state index in [-0.39, 0.29) is 17.3 Å². The molecule has 0 N–H and O–H groups in total. The van der Waals surface area contributed by atoms with Crippen LogP contribution in [0, 0.1) is 5.82 Å². The molecular weight excluding hydrogens is 332 g/mol. The Morgan fingerprint density at radius 2 is 2.00 bits per heavy atom. The molecule has 0 radical (unpaired) electrons. The molecule has 3 rings (SSSR count). The van der Waals surface area contributed by atoms with E-state index in [1.165, 1.54) is 31.4 Å². The van der Waals surface area contributed by atoms with Gasteiger partial charge in [0.25, 0.3) is 10.0 Å². The van der Waals surface area contributed by atoms with E-state index < -0.39 is 22.0 Å². The quantitative estimate of drug-likeness (QED) is 0.856. The van der Waals surface area contributed by atoms with Crippen LogP contribution < -0.4 is 4.74 Å². The van der Waals surface area contributed by atoms with Crippen molar-refractivity contribution < 1.29 is 21.9 Å². The number of hydrogen-bond acceptors (Lipinski definition) is 4. The monoisotopic (exact) mass is 345 g/mol. The Labute approximate surface area is 131 Å². The standard InChI is InChI=1S/C14H13F2NO3S2/c1-20-12-3-2-9(15)6-11(12)13-4-5-14(21-13)22(18,19)17-7-10(16)8-17/h2-6,10H,7-8H2,1H3. The Balaban J connectivity index is 1.96. The molecular formula is C14H13F2NO3S2. The fourth-order valence-electron chi connectivity index (χ4n) is 2.19. The van der Waals surface area contributed by atoms with Gasteiger partial charge in [-0.1, -0.05) is 0 Å². The second kappa shape index (κ2) is 5.60. The number of alkyl halides is 1. The predicted octanol–water partition coefficient (Wildman–Crippen LogP) is 2.91. The third-order valence-corrected chi connectivity index (χ3v) is 6.82. The molecule has 0 unspecified atom stereocenters. The molecule has 1 saturated heterocycles. The van der Waals surface area contributed by atoms with E-state index in [1.54, 1.807) is 6.07 Å². The molecule has 0 bridgehead atoms. The summed E-state index contributed by atoms with van der Waals surface area (Å²) in [5.74, 6) is 0.0246. The Bertz CT molecular complexity index is 798. The zero-order valence-corrected chi connectivity index (χ0v) is 13.3. The minimum Gasteiger partial charge on any atom is -0.496 e. The molecule has 0 aliphatic carbocycles. The summed E-state index contributed by atoms with van der Waals surface area (Å²) in [6, 6.07) is 7.10. The van der Waals surface area contributed by atoms with Gasteiger partial charge in [0.15, 0.2) is 0 Å². The summed E-state index contributed by atoms with van der Waals surface area (Å²) in [6.07, 6.45) is -1.10. The zero-order chi connectivity index (χ0) is 15.9. The third-order valence-electron chi connectivity index (χ3n) is 3.41. The van der Waals surface area contributed by atoms with Crippen LogP contribution in [0.5, 0.6) is 5.75 Å². The van der Waals surface area contributed by atoms with Gasteiger partial charge in [0, 0.05) is 23.5 Å². The Morgan fingerprint density at radius 1 is 1.27 bits per heavy atom. The van der Waals surface area contributed by atoms with Gasteiger partial charge in [-0.15, -0.1) is 11.3 Å².